The van der Waals surface area contributed by atoms with Gasteiger partial charge in [0.2, 0.25) is 11.8 Å². The lowest BCUT2D eigenvalue weighted by Gasteiger charge is -2.39. The van der Waals surface area contributed by atoms with Gasteiger partial charge in [0.05, 0.1) is 5.56 Å². The molecule has 3 aromatic carbocycles. The second kappa shape index (κ2) is 9.83. The van der Waals surface area contributed by atoms with E-state index in [0.29, 0.717) is 43.6 Å². The highest BCUT2D eigenvalue weighted by Crippen LogP contribution is 2.34. The first-order valence-corrected chi connectivity index (χ1v) is 12.0. The van der Waals surface area contributed by atoms with E-state index in [4.69, 9.17) is 4.42 Å². The molecule has 5 rings (SSSR count). The Balaban J connectivity index is 1.39. The lowest BCUT2D eigenvalue weighted by atomic mass is 10.0. The number of halogens is 4. The number of benzene rings is 3. The molecule has 35 heavy (non-hydrogen) atoms. The lowest BCUT2D eigenvalue weighted by molar-refractivity contribution is -0.137. The van der Waals surface area contributed by atoms with Crippen molar-refractivity contribution >= 4 is 21.6 Å². The lowest BCUT2D eigenvalue weighted by Crippen LogP contribution is -2.48. The zero-order chi connectivity index (χ0) is 24.4. The molecule has 1 fully saturated rings. The van der Waals surface area contributed by atoms with Gasteiger partial charge in [0.1, 0.15) is 6.04 Å². The van der Waals surface area contributed by atoms with Crippen LogP contribution in [0.4, 0.5) is 18.9 Å². The summed E-state index contributed by atoms with van der Waals surface area (Å²) in [6, 6.07) is 22.8. The van der Waals surface area contributed by atoms with E-state index in [9.17, 15) is 13.2 Å². The third kappa shape index (κ3) is 5.26. The fraction of sp³-hybridized carbons (Fsp3) is 0.231. The number of hydrogen-bond acceptors (Lipinski definition) is 5. The van der Waals surface area contributed by atoms with Crippen molar-refractivity contribution in [3.63, 3.8) is 0 Å². The third-order valence-corrected chi connectivity index (χ3v) is 6.63. The molecular weight excluding hydrogens is 521 g/mol. The van der Waals surface area contributed by atoms with Gasteiger partial charge in [0.25, 0.3) is 0 Å². The van der Waals surface area contributed by atoms with Gasteiger partial charge in [0.15, 0.2) is 0 Å². The summed E-state index contributed by atoms with van der Waals surface area (Å²) in [5.74, 6) is 0.934. The van der Waals surface area contributed by atoms with Crippen LogP contribution in [0.25, 0.3) is 11.5 Å². The first-order chi connectivity index (χ1) is 16.9. The Bertz CT molecular complexity index is 1270. The normalized spacial score (nSPS) is 15.8. The molecule has 180 valence electrons. The summed E-state index contributed by atoms with van der Waals surface area (Å²) < 4.78 is 46.6. The minimum absolute atomic E-state index is 0.267. The first-order valence-electron chi connectivity index (χ1n) is 11.2. The summed E-state index contributed by atoms with van der Waals surface area (Å²) in [5, 5.41) is 8.64. The SMILES string of the molecule is FC(F)(F)c1cccc(N2CCN(C(c3ccc(Br)cc3)c3nnc(-c4ccccc4)o3)CC2)c1. The smallest absolute Gasteiger partial charge is 0.416 e. The number of piperazine rings is 1. The Labute approximate surface area is 209 Å². The number of nitrogens with zero attached hydrogens (tertiary/aromatic N) is 4. The predicted octanol–water partition coefficient (Wildman–Crippen LogP) is 6.43. The number of rotatable bonds is 5. The fourth-order valence-corrected chi connectivity index (χ4v) is 4.58. The predicted molar refractivity (Wildman–Crippen MR) is 131 cm³/mol. The van der Waals surface area contributed by atoms with Crippen molar-refractivity contribution in [2.45, 2.75) is 12.2 Å². The molecule has 1 atom stereocenters. The molecule has 0 N–H and O–H groups in total. The van der Waals surface area contributed by atoms with Crippen LogP contribution in [0, 0.1) is 0 Å². The Morgan fingerprint density at radius 1 is 0.829 bits per heavy atom. The highest BCUT2D eigenvalue weighted by atomic mass is 79.9. The minimum Gasteiger partial charge on any atom is -0.419 e. The van der Waals surface area contributed by atoms with Crippen LogP contribution in [0.5, 0.6) is 0 Å². The summed E-state index contributed by atoms with van der Waals surface area (Å²) in [4.78, 5) is 4.21. The fourth-order valence-electron chi connectivity index (χ4n) is 4.31. The number of aromatic nitrogens is 2. The van der Waals surface area contributed by atoms with Crippen LogP contribution < -0.4 is 4.90 Å². The van der Waals surface area contributed by atoms with E-state index in [1.54, 1.807) is 6.07 Å². The van der Waals surface area contributed by atoms with Gasteiger partial charge in [-0.2, -0.15) is 13.2 Å². The van der Waals surface area contributed by atoms with E-state index >= 15 is 0 Å². The molecule has 4 aromatic rings. The molecular formula is C26H22BrF3N4O. The van der Waals surface area contributed by atoms with Gasteiger partial charge in [-0.15, -0.1) is 10.2 Å². The molecule has 1 aromatic heterocycles. The molecule has 0 saturated carbocycles. The summed E-state index contributed by atoms with van der Waals surface area (Å²) in [5.41, 5.74) is 1.78. The monoisotopic (exact) mass is 542 g/mol. The maximum Gasteiger partial charge on any atom is 0.416 e. The van der Waals surface area contributed by atoms with Gasteiger partial charge in [-0.25, -0.2) is 0 Å². The molecule has 0 spiro atoms. The van der Waals surface area contributed by atoms with Crippen molar-refractivity contribution < 1.29 is 17.6 Å². The average molecular weight is 543 g/mol. The largest absolute Gasteiger partial charge is 0.419 e. The maximum absolute atomic E-state index is 13.2. The van der Waals surface area contributed by atoms with Crippen LogP contribution in [0.1, 0.15) is 23.1 Å². The van der Waals surface area contributed by atoms with E-state index in [1.165, 1.54) is 12.1 Å². The molecule has 0 aliphatic carbocycles. The van der Waals surface area contributed by atoms with Gasteiger partial charge >= 0.3 is 6.18 Å². The highest BCUT2D eigenvalue weighted by Gasteiger charge is 2.33. The Morgan fingerprint density at radius 2 is 1.54 bits per heavy atom. The summed E-state index contributed by atoms with van der Waals surface area (Å²) in [6.45, 7) is 2.40. The van der Waals surface area contributed by atoms with Crippen molar-refractivity contribution in [1.29, 1.82) is 0 Å². The zero-order valence-electron chi connectivity index (χ0n) is 18.6. The molecule has 1 saturated heterocycles. The topological polar surface area (TPSA) is 45.4 Å². The molecule has 2 heterocycles. The molecule has 9 heteroatoms. The molecule has 0 radical (unpaired) electrons. The van der Waals surface area contributed by atoms with Crippen LogP contribution in [-0.2, 0) is 6.18 Å². The Hall–Kier alpha value is -3.17. The van der Waals surface area contributed by atoms with E-state index in [1.807, 2.05) is 59.5 Å². The maximum atomic E-state index is 13.2. The van der Waals surface area contributed by atoms with Gasteiger partial charge in [-0.3, -0.25) is 4.90 Å². The summed E-state index contributed by atoms with van der Waals surface area (Å²) in [7, 11) is 0. The van der Waals surface area contributed by atoms with Crippen molar-refractivity contribution in [2.24, 2.45) is 0 Å². The van der Waals surface area contributed by atoms with E-state index in [0.717, 1.165) is 21.7 Å². The van der Waals surface area contributed by atoms with E-state index in [2.05, 4.69) is 31.0 Å². The van der Waals surface area contributed by atoms with Crippen molar-refractivity contribution in [1.82, 2.24) is 15.1 Å². The van der Waals surface area contributed by atoms with Crippen LogP contribution >= 0.6 is 15.9 Å². The molecule has 0 amide bonds. The summed E-state index contributed by atoms with van der Waals surface area (Å²) >= 11 is 3.48. The minimum atomic E-state index is -4.36. The van der Waals surface area contributed by atoms with E-state index in [-0.39, 0.29) is 6.04 Å². The number of anilines is 1. The second-order valence-corrected chi connectivity index (χ2v) is 9.25. The first kappa shape index (κ1) is 23.6. The molecule has 1 aliphatic heterocycles. The third-order valence-electron chi connectivity index (χ3n) is 6.10. The van der Waals surface area contributed by atoms with Crippen LogP contribution in [0.15, 0.2) is 87.8 Å². The van der Waals surface area contributed by atoms with Gasteiger partial charge in [0, 0.05) is 41.9 Å². The quantitative estimate of drug-likeness (QED) is 0.291. The van der Waals surface area contributed by atoms with Crippen LogP contribution in [0.3, 0.4) is 0 Å². The van der Waals surface area contributed by atoms with E-state index < -0.39 is 11.7 Å². The standard InChI is InChI=1S/C26H22BrF3N4O/c27-21-11-9-18(10-12-21)23(25-32-31-24(35-25)19-5-2-1-3-6-19)34-15-13-33(14-16-34)22-8-4-7-20(17-22)26(28,29)30/h1-12,17,23H,13-16H2. The molecule has 0 bridgehead atoms. The Kier molecular flexibility index (Phi) is 6.62. The molecule has 1 aliphatic rings. The van der Waals surface area contributed by atoms with Gasteiger partial charge < -0.3 is 9.32 Å². The Morgan fingerprint density at radius 3 is 2.23 bits per heavy atom. The number of hydrogen-bond donors (Lipinski definition) is 0. The summed E-state index contributed by atoms with van der Waals surface area (Å²) in [6.07, 6.45) is -4.36. The highest BCUT2D eigenvalue weighted by molar-refractivity contribution is 9.10. The molecule has 1 unspecified atom stereocenters. The van der Waals surface area contributed by atoms with Crippen molar-refractivity contribution in [2.75, 3.05) is 31.1 Å². The van der Waals surface area contributed by atoms with Gasteiger partial charge in [-0.05, 0) is 48.0 Å². The van der Waals surface area contributed by atoms with Gasteiger partial charge in [-0.1, -0.05) is 52.3 Å². The van der Waals surface area contributed by atoms with Crippen LogP contribution in [-0.4, -0.2) is 41.3 Å². The van der Waals surface area contributed by atoms with Crippen molar-refractivity contribution in [3.8, 4) is 11.5 Å². The molecule has 5 nitrogen and oxygen atoms in total. The van der Waals surface area contributed by atoms with Crippen molar-refractivity contribution in [3.05, 3.63) is 100 Å². The number of alkyl halides is 3. The zero-order valence-corrected chi connectivity index (χ0v) is 20.2. The second-order valence-electron chi connectivity index (χ2n) is 8.34. The average Bonchev–Trinajstić information content (AvgIpc) is 3.36. The van der Waals surface area contributed by atoms with Crippen LogP contribution in [0.2, 0.25) is 0 Å².